The minimum atomic E-state index is -0.251. The van der Waals surface area contributed by atoms with Crippen molar-refractivity contribution in [1.29, 1.82) is 0 Å². The molecule has 1 atom stereocenters. The van der Waals surface area contributed by atoms with E-state index in [1.54, 1.807) is 37.2 Å². The van der Waals surface area contributed by atoms with Gasteiger partial charge in [0, 0.05) is 17.5 Å². The van der Waals surface area contributed by atoms with Crippen LogP contribution in [0.15, 0.2) is 73.1 Å². The summed E-state index contributed by atoms with van der Waals surface area (Å²) in [6, 6.07) is 20.3. The van der Waals surface area contributed by atoms with E-state index in [0.29, 0.717) is 34.6 Å². The van der Waals surface area contributed by atoms with Gasteiger partial charge in [0.2, 0.25) is 5.88 Å². The Labute approximate surface area is 206 Å². The van der Waals surface area contributed by atoms with E-state index in [-0.39, 0.29) is 18.3 Å². The molecule has 0 unspecified atom stereocenters. The van der Waals surface area contributed by atoms with Gasteiger partial charge in [0.1, 0.15) is 30.2 Å². The van der Waals surface area contributed by atoms with Gasteiger partial charge in [-0.1, -0.05) is 30.3 Å². The highest BCUT2D eigenvalue weighted by atomic mass is 16.5. The van der Waals surface area contributed by atoms with E-state index in [0.717, 1.165) is 22.4 Å². The average Bonchev–Trinajstić information content (AvgIpc) is 3.34. The lowest BCUT2D eigenvalue weighted by Gasteiger charge is -2.28. The fourth-order valence-electron chi connectivity index (χ4n) is 4.43. The number of para-hydroxylation sites is 2. The van der Waals surface area contributed by atoms with Crippen molar-refractivity contribution in [3.05, 3.63) is 95.6 Å². The van der Waals surface area contributed by atoms with Crippen molar-refractivity contribution in [1.82, 2.24) is 19.6 Å². The molecule has 36 heavy (non-hydrogen) atoms. The quantitative estimate of drug-likeness (QED) is 0.364. The maximum atomic E-state index is 10.1. The minimum Gasteiger partial charge on any atom is -0.508 e. The predicted molar refractivity (Wildman–Crippen MR) is 130 cm³/mol. The molecule has 0 spiro atoms. The van der Waals surface area contributed by atoms with Gasteiger partial charge in [-0.15, -0.1) is 5.10 Å². The molecule has 6 rings (SSSR count). The summed E-state index contributed by atoms with van der Waals surface area (Å²) >= 11 is 0. The van der Waals surface area contributed by atoms with Crippen molar-refractivity contribution in [2.45, 2.75) is 12.5 Å². The van der Waals surface area contributed by atoms with Crippen molar-refractivity contribution >= 4 is 5.65 Å². The molecule has 2 aromatic heterocycles. The lowest BCUT2D eigenvalue weighted by Crippen LogP contribution is -2.15. The van der Waals surface area contributed by atoms with Gasteiger partial charge in [-0.25, -0.2) is 14.5 Å². The van der Waals surface area contributed by atoms with Crippen LogP contribution >= 0.6 is 0 Å². The Morgan fingerprint density at radius 2 is 1.78 bits per heavy atom. The van der Waals surface area contributed by atoms with Crippen molar-refractivity contribution < 1.29 is 24.1 Å². The fourth-order valence-corrected chi connectivity index (χ4v) is 4.43. The largest absolute Gasteiger partial charge is 0.508 e. The molecule has 9 heteroatoms. The second kappa shape index (κ2) is 8.77. The zero-order valence-corrected chi connectivity index (χ0v) is 19.6. The Hall–Kier alpha value is -4.79. The van der Waals surface area contributed by atoms with Crippen molar-refractivity contribution in [3.8, 4) is 34.6 Å². The summed E-state index contributed by atoms with van der Waals surface area (Å²) in [4.78, 5) is 9.30. The standard InChI is InChI=1S/C27H22N4O5/c1-33-18-10-7-16(8-11-18)24-19-12-9-17(32)13-22(19)36-27-25(24)26-29-23(30-31(26)15-28-27)14-35-21-6-4-3-5-20(21)34-2/h3-13,15,24,32H,14H2,1-2H3/t24-/m1/s1. The number of fused-ring (bicyclic) bond motifs is 4. The number of benzene rings is 3. The normalized spacial score (nSPS) is 14.0. The molecule has 5 aromatic rings. The first-order chi connectivity index (χ1) is 17.6. The molecule has 1 N–H and O–H groups in total. The summed E-state index contributed by atoms with van der Waals surface area (Å²) in [5.41, 5.74) is 3.27. The van der Waals surface area contributed by atoms with Gasteiger partial charge in [0.25, 0.3) is 0 Å². The van der Waals surface area contributed by atoms with Crippen LogP contribution in [0.1, 0.15) is 28.4 Å². The highest BCUT2D eigenvalue weighted by molar-refractivity contribution is 5.66. The van der Waals surface area contributed by atoms with E-state index in [4.69, 9.17) is 23.9 Å². The Balaban J connectivity index is 1.44. The first-order valence-electron chi connectivity index (χ1n) is 11.3. The summed E-state index contributed by atoms with van der Waals surface area (Å²) in [5, 5.41) is 14.6. The Kier molecular flexibility index (Phi) is 5.29. The summed E-state index contributed by atoms with van der Waals surface area (Å²) in [7, 11) is 3.23. The topological polar surface area (TPSA) is 100 Å². The van der Waals surface area contributed by atoms with E-state index < -0.39 is 0 Å². The number of hydrogen-bond donors (Lipinski definition) is 1. The number of nitrogens with zero attached hydrogens (tertiary/aromatic N) is 4. The average molecular weight is 482 g/mol. The van der Waals surface area contributed by atoms with Gasteiger partial charge >= 0.3 is 0 Å². The van der Waals surface area contributed by atoms with E-state index in [9.17, 15) is 5.11 Å². The Morgan fingerprint density at radius 1 is 0.972 bits per heavy atom. The highest BCUT2D eigenvalue weighted by Crippen LogP contribution is 2.48. The number of methoxy groups -OCH3 is 2. The van der Waals surface area contributed by atoms with Crippen LogP contribution in [0.25, 0.3) is 5.65 Å². The van der Waals surface area contributed by atoms with Crippen LogP contribution < -0.4 is 18.9 Å². The molecular formula is C27H22N4O5. The zero-order chi connectivity index (χ0) is 24.6. The summed E-state index contributed by atoms with van der Waals surface area (Å²) in [6.45, 7) is 0.148. The van der Waals surface area contributed by atoms with Crippen molar-refractivity contribution in [3.63, 3.8) is 0 Å². The number of hydrogen-bond acceptors (Lipinski definition) is 8. The maximum absolute atomic E-state index is 10.1. The van der Waals surface area contributed by atoms with Crippen LogP contribution in [0, 0.1) is 0 Å². The number of aromatic hydroxyl groups is 1. The summed E-state index contributed by atoms with van der Waals surface area (Å²) in [5.74, 6) is 3.29. The van der Waals surface area contributed by atoms with Crippen molar-refractivity contribution in [2.24, 2.45) is 0 Å². The lowest BCUT2D eigenvalue weighted by atomic mass is 9.84. The molecule has 3 heterocycles. The first-order valence-corrected chi connectivity index (χ1v) is 11.3. The Morgan fingerprint density at radius 3 is 2.56 bits per heavy atom. The highest BCUT2D eigenvalue weighted by Gasteiger charge is 2.33. The third-order valence-corrected chi connectivity index (χ3v) is 6.11. The number of phenolic OH excluding ortho intramolecular Hbond substituents is 1. The summed E-state index contributed by atoms with van der Waals surface area (Å²) in [6.07, 6.45) is 1.56. The molecule has 1 aliphatic heterocycles. The molecular weight excluding hydrogens is 460 g/mol. The van der Waals surface area contributed by atoms with Crippen LogP contribution in [-0.2, 0) is 6.61 Å². The third kappa shape index (κ3) is 3.70. The predicted octanol–water partition coefficient (Wildman–Crippen LogP) is 4.71. The second-order valence-corrected chi connectivity index (χ2v) is 8.23. The zero-order valence-electron chi connectivity index (χ0n) is 19.6. The van der Waals surface area contributed by atoms with E-state index >= 15 is 0 Å². The number of phenols is 1. The van der Waals surface area contributed by atoms with E-state index in [2.05, 4.69) is 10.1 Å². The lowest BCUT2D eigenvalue weighted by molar-refractivity contribution is 0.276. The fraction of sp³-hybridized carbons (Fsp3) is 0.148. The smallest absolute Gasteiger partial charge is 0.228 e. The third-order valence-electron chi connectivity index (χ3n) is 6.11. The SMILES string of the molecule is COc1ccc([C@@H]2c3ccc(O)cc3Oc3ncn4nc(COc5ccccc5OC)nc4c32)cc1. The molecule has 0 saturated heterocycles. The van der Waals surface area contributed by atoms with Gasteiger partial charge in [-0.3, -0.25) is 0 Å². The molecule has 1 aliphatic rings. The molecule has 0 aliphatic carbocycles. The number of ether oxygens (including phenoxy) is 4. The van der Waals surface area contributed by atoms with Gasteiger partial charge in [-0.05, 0) is 35.9 Å². The molecule has 0 bridgehead atoms. The number of rotatable bonds is 6. The first kappa shape index (κ1) is 21.7. The van der Waals surface area contributed by atoms with Crippen LogP contribution in [0.5, 0.6) is 34.6 Å². The van der Waals surface area contributed by atoms with Gasteiger partial charge < -0.3 is 24.1 Å². The van der Waals surface area contributed by atoms with Crippen molar-refractivity contribution in [2.75, 3.05) is 14.2 Å². The monoisotopic (exact) mass is 482 g/mol. The van der Waals surface area contributed by atoms with Crippen LogP contribution in [0.4, 0.5) is 0 Å². The van der Waals surface area contributed by atoms with Crippen LogP contribution in [0.3, 0.4) is 0 Å². The molecule has 180 valence electrons. The summed E-state index contributed by atoms with van der Waals surface area (Å²) < 4.78 is 24.4. The minimum absolute atomic E-state index is 0.116. The van der Waals surface area contributed by atoms with Gasteiger partial charge in [0.05, 0.1) is 19.8 Å². The van der Waals surface area contributed by atoms with Crippen LogP contribution in [0.2, 0.25) is 0 Å². The van der Waals surface area contributed by atoms with Crippen LogP contribution in [-0.4, -0.2) is 38.9 Å². The van der Waals surface area contributed by atoms with E-state index in [1.807, 2.05) is 54.6 Å². The number of aromatic nitrogens is 4. The molecule has 0 amide bonds. The van der Waals surface area contributed by atoms with Gasteiger partial charge in [-0.2, -0.15) is 0 Å². The Bertz CT molecular complexity index is 1570. The van der Waals surface area contributed by atoms with Gasteiger partial charge in [0.15, 0.2) is 23.0 Å². The molecule has 9 nitrogen and oxygen atoms in total. The molecule has 0 fully saturated rings. The molecule has 0 radical (unpaired) electrons. The maximum Gasteiger partial charge on any atom is 0.228 e. The second-order valence-electron chi connectivity index (χ2n) is 8.23. The van der Waals surface area contributed by atoms with E-state index in [1.165, 1.54) is 0 Å². The molecule has 3 aromatic carbocycles. The molecule has 0 saturated carbocycles.